The lowest BCUT2D eigenvalue weighted by molar-refractivity contribution is -0.0579. The Kier molecular flexibility index (Phi) is 5.49. The molecule has 10 nitrogen and oxygen atoms in total. The number of fused-ring (bicyclic) bond motifs is 2. The number of aromatic hydroxyl groups is 1. The molecule has 0 radical (unpaired) electrons. The Morgan fingerprint density at radius 3 is 2.68 bits per heavy atom. The van der Waals surface area contributed by atoms with Crippen molar-refractivity contribution < 1.29 is 24.3 Å². The number of imidazole rings is 1. The number of phenolic OH excluding ortho intramolecular Hbond substituents is 1. The summed E-state index contributed by atoms with van der Waals surface area (Å²) in [4.78, 5) is 12.5. The predicted octanol–water partition coefficient (Wildman–Crippen LogP) is 1.30. The number of rotatable bonds is 7. The first kappa shape index (κ1) is 20.2. The third kappa shape index (κ3) is 3.85. The molecule has 162 valence electrons. The zero-order valence-electron chi connectivity index (χ0n) is 16.9. The lowest BCUT2D eigenvalue weighted by Crippen LogP contribution is -2.31. The van der Waals surface area contributed by atoms with Gasteiger partial charge in [0.1, 0.15) is 35.9 Å². The van der Waals surface area contributed by atoms with Crippen LogP contribution in [0.25, 0.3) is 11.2 Å². The third-order valence-electron chi connectivity index (χ3n) is 5.84. The predicted molar refractivity (Wildman–Crippen MR) is 112 cm³/mol. The summed E-state index contributed by atoms with van der Waals surface area (Å²) in [6, 6.07) is 7.27. The zero-order chi connectivity index (χ0) is 21.4. The number of aryl methyl sites for hydroxylation is 1. The molecule has 5 rings (SSSR count). The summed E-state index contributed by atoms with van der Waals surface area (Å²) < 4.78 is 20.0. The molecule has 0 unspecified atom stereocenters. The zero-order valence-corrected chi connectivity index (χ0v) is 16.9. The number of nitrogen functional groups attached to an aromatic ring is 1. The molecule has 0 saturated carbocycles. The van der Waals surface area contributed by atoms with E-state index in [0.29, 0.717) is 17.0 Å². The molecule has 11 heteroatoms. The summed E-state index contributed by atoms with van der Waals surface area (Å²) in [6.07, 6.45) is 4.80. The van der Waals surface area contributed by atoms with Gasteiger partial charge < -0.3 is 30.0 Å². The van der Waals surface area contributed by atoms with Crippen molar-refractivity contribution in [3.8, 4) is 5.75 Å². The van der Waals surface area contributed by atoms with Crippen molar-refractivity contribution >= 4 is 24.1 Å². The molecule has 2 saturated heterocycles. The topological polar surface area (TPSA) is 138 Å². The van der Waals surface area contributed by atoms with Crippen molar-refractivity contribution in [3.05, 3.63) is 42.5 Å². The van der Waals surface area contributed by atoms with Crippen molar-refractivity contribution in [2.24, 2.45) is 0 Å². The van der Waals surface area contributed by atoms with Crippen molar-refractivity contribution in [2.75, 3.05) is 12.3 Å². The van der Waals surface area contributed by atoms with Crippen LogP contribution in [0, 0.1) is 0 Å². The van der Waals surface area contributed by atoms with Crippen LogP contribution >= 0.6 is 0 Å². The highest BCUT2D eigenvalue weighted by Crippen LogP contribution is 2.40. The van der Waals surface area contributed by atoms with Crippen LogP contribution in [0.5, 0.6) is 5.75 Å². The number of hydrogen-bond donors (Lipinski definition) is 3. The molecule has 2 aliphatic rings. The molecule has 2 aliphatic heterocycles. The summed E-state index contributed by atoms with van der Waals surface area (Å²) in [6.45, 7) is -0.168. The minimum atomic E-state index is -0.525. The van der Waals surface area contributed by atoms with Gasteiger partial charge in [-0.3, -0.25) is 4.57 Å². The lowest BCUT2D eigenvalue weighted by atomic mass is 9.82. The van der Waals surface area contributed by atoms with E-state index in [4.69, 9.17) is 19.8 Å². The Hall–Kier alpha value is -2.73. The summed E-state index contributed by atoms with van der Waals surface area (Å²) in [5.41, 5.74) is 8.13. The summed E-state index contributed by atoms with van der Waals surface area (Å²) >= 11 is 0. The number of hydrogen-bond acceptors (Lipinski definition) is 9. The van der Waals surface area contributed by atoms with E-state index in [1.165, 1.54) is 11.9 Å². The second-order valence-corrected chi connectivity index (χ2v) is 7.87. The lowest BCUT2D eigenvalue weighted by Gasteiger charge is -2.19. The van der Waals surface area contributed by atoms with Crippen LogP contribution in [0.4, 0.5) is 5.82 Å². The highest BCUT2D eigenvalue weighted by Gasteiger charge is 2.54. The molecule has 31 heavy (non-hydrogen) atoms. The summed E-state index contributed by atoms with van der Waals surface area (Å²) in [5.74, 6) is 0.574. The van der Waals surface area contributed by atoms with Gasteiger partial charge in [0, 0.05) is 0 Å². The van der Waals surface area contributed by atoms with Crippen LogP contribution in [0.1, 0.15) is 24.6 Å². The number of anilines is 1. The Morgan fingerprint density at radius 2 is 1.87 bits per heavy atom. The van der Waals surface area contributed by atoms with Crippen molar-refractivity contribution in [2.45, 2.75) is 50.1 Å². The van der Waals surface area contributed by atoms with Gasteiger partial charge in [0.25, 0.3) is 0 Å². The number of unbranched alkanes of at least 4 members (excludes halogenated alkanes) is 1. The van der Waals surface area contributed by atoms with Crippen LogP contribution in [-0.4, -0.2) is 61.8 Å². The Bertz CT molecular complexity index is 1050. The number of aromatic nitrogens is 4. The van der Waals surface area contributed by atoms with E-state index in [1.807, 2.05) is 12.1 Å². The highest BCUT2D eigenvalue weighted by molar-refractivity contribution is 6.45. The van der Waals surface area contributed by atoms with Crippen LogP contribution in [-0.2, 0) is 20.5 Å². The molecule has 0 bridgehead atoms. The fraction of sp³-hybridized carbons (Fsp3) is 0.450. The van der Waals surface area contributed by atoms with Gasteiger partial charge in [0.05, 0.1) is 12.9 Å². The Morgan fingerprint density at radius 1 is 1.06 bits per heavy atom. The number of ether oxygens (including phenoxy) is 1. The molecule has 4 heterocycles. The number of nitrogens with zero attached hydrogens (tertiary/aromatic N) is 4. The monoisotopic (exact) mass is 425 g/mol. The summed E-state index contributed by atoms with van der Waals surface area (Å²) in [7, 11) is -0.357. The number of benzene rings is 1. The van der Waals surface area contributed by atoms with E-state index >= 15 is 0 Å². The highest BCUT2D eigenvalue weighted by atomic mass is 16.7. The molecule has 4 N–H and O–H groups in total. The fourth-order valence-corrected chi connectivity index (χ4v) is 4.27. The van der Waals surface area contributed by atoms with Crippen molar-refractivity contribution in [1.29, 1.82) is 0 Å². The minimum absolute atomic E-state index is 0.168. The van der Waals surface area contributed by atoms with Gasteiger partial charge in [0.15, 0.2) is 17.7 Å². The number of phenols is 1. The maximum Gasteiger partial charge on any atom is 0.457 e. The quantitative estimate of drug-likeness (QED) is 0.378. The standard InChI is InChI=1S/C20H24BN5O5/c22-18-15-19(24-10-23-18)26(11-25-15)20-17-16(14(9-27)29-20)30-21(31-17)8-2-1-3-12-4-6-13(28)7-5-12/h4-7,10-11,14,16-17,20,27-28H,1-3,8-9H2,(H2,22,23,24)/t14-,16-,17-,20-/m1/s1. The summed E-state index contributed by atoms with van der Waals surface area (Å²) in [5, 5.41) is 19.2. The largest absolute Gasteiger partial charge is 0.508 e. The third-order valence-corrected chi connectivity index (χ3v) is 5.84. The van der Waals surface area contributed by atoms with Crippen LogP contribution < -0.4 is 5.73 Å². The molecule has 2 aromatic heterocycles. The first-order valence-corrected chi connectivity index (χ1v) is 10.4. The smallest absolute Gasteiger partial charge is 0.457 e. The van der Waals surface area contributed by atoms with E-state index < -0.39 is 12.3 Å². The Balaban J connectivity index is 1.23. The van der Waals surface area contributed by atoms with E-state index in [-0.39, 0.29) is 31.7 Å². The molecular weight excluding hydrogens is 401 g/mol. The number of aliphatic hydroxyl groups is 1. The van der Waals surface area contributed by atoms with E-state index in [2.05, 4.69) is 15.0 Å². The average Bonchev–Trinajstić information content (AvgIpc) is 3.46. The maximum absolute atomic E-state index is 9.78. The van der Waals surface area contributed by atoms with Gasteiger partial charge in [-0.15, -0.1) is 0 Å². The molecule has 0 amide bonds. The van der Waals surface area contributed by atoms with Gasteiger partial charge in [0.2, 0.25) is 0 Å². The second kappa shape index (κ2) is 8.43. The Labute approximate surface area is 179 Å². The average molecular weight is 425 g/mol. The SMILES string of the molecule is Nc1ncnc2c1ncn2[C@@H]1O[C@H](CO)[C@H]2OB(CCCCc3ccc(O)cc3)O[C@H]21. The molecule has 0 spiro atoms. The second-order valence-electron chi connectivity index (χ2n) is 7.87. The van der Waals surface area contributed by atoms with Crippen LogP contribution in [0.3, 0.4) is 0 Å². The molecule has 0 aliphatic carbocycles. The first-order chi connectivity index (χ1) is 15.1. The van der Waals surface area contributed by atoms with E-state index in [1.54, 1.807) is 23.0 Å². The number of nitrogens with two attached hydrogens (primary N) is 1. The van der Waals surface area contributed by atoms with Gasteiger partial charge >= 0.3 is 7.12 Å². The number of aliphatic hydroxyl groups excluding tert-OH is 1. The van der Waals surface area contributed by atoms with Crippen molar-refractivity contribution in [1.82, 2.24) is 19.5 Å². The van der Waals surface area contributed by atoms with Gasteiger partial charge in [-0.05, 0) is 36.9 Å². The maximum atomic E-state index is 9.78. The van der Waals surface area contributed by atoms with Gasteiger partial charge in [-0.1, -0.05) is 18.6 Å². The molecule has 2 fully saturated rings. The normalized spacial score (nSPS) is 25.4. The van der Waals surface area contributed by atoms with Crippen LogP contribution in [0.15, 0.2) is 36.9 Å². The molecule has 1 aromatic carbocycles. The van der Waals surface area contributed by atoms with E-state index in [9.17, 15) is 10.2 Å². The fourth-order valence-electron chi connectivity index (χ4n) is 4.27. The minimum Gasteiger partial charge on any atom is -0.508 e. The van der Waals surface area contributed by atoms with Crippen molar-refractivity contribution in [3.63, 3.8) is 0 Å². The van der Waals surface area contributed by atoms with Crippen LogP contribution in [0.2, 0.25) is 6.32 Å². The van der Waals surface area contributed by atoms with Gasteiger partial charge in [-0.2, -0.15) is 0 Å². The van der Waals surface area contributed by atoms with Gasteiger partial charge in [-0.25, -0.2) is 15.0 Å². The molecule has 3 aromatic rings. The molecular formula is C20H24BN5O5. The molecule has 4 atom stereocenters. The first-order valence-electron chi connectivity index (χ1n) is 10.4. The van der Waals surface area contributed by atoms with E-state index in [0.717, 1.165) is 25.6 Å².